The first-order chi connectivity index (χ1) is 13.8. The molecule has 1 aromatic rings. The van der Waals surface area contributed by atoms with Crippen LogP contribution in [0.5, 0.6) is 0 Å². The SMILES string of the molecule is C=Cc1ccc(CCCO[C@@H]2[C@H]3OC(C)(C)O[C@H]3O[C@@H]2[C@H]2COC(C)(C)O2)cc1. The van der Waals surface area contributed by atoms with Gasteiger partial charge in [-0.05, 0) is 51.7 Å². The fraction of sp³-hybridized carbons (Fsp3) is 0.652. The molecule has 3 fully saturated rings. The molecule has 3 aliphatic heterocycles. The number of ether oxygens (including phenoxy) is 6. The molecular formula is C23H32O6. The molecule has 0 aliphatic carbocycles. The Kier molecular flexibility index (Phi) is 5.86. The predicted octanol–water partition coefficient (Wildman–Crippen LogP) is 3.68. The van der Waals surface area contributed by atoms with Gasteiger partial charge < -0.3 is 28.4 Å². The monoisotopic (exact) mass is 404 g/mol. The van der Waals surface area contributed by atoms with Crippen LogP contribution in [0, 0.1) is 0 Å². The largest absolute Gasteiger partial charge is 0.372 e. The third kappa shape index (κ3) is 4.74. The lowest BCUT2D eigenvalue weighted by atomic mass is 10.1. The van der Waals surface area contributed by atoms with Crippen LogP contribution in [0.15, 0.2) is 30.8 Å². The van der Waals surface area contributed by atoms with Crippen LogP contribution in [0.25, 0.3) is 6.08 Å². The normalized spacial score (nSPS) is 35.0. The Morgan fingerprint density at radius 2 is 1.79 bits per heavy atom. The molecule has 0 saturated carbocycles. The van der Waals surface area contributed by atoms with E-state index in [1.165, 1.54) is 5.56 Å². The summed E-state index contributed by atoms with van der Waals surface area (Å²) in [5.41, 5.74) is 2.41. The zero-order chi connectivity index (χ0) is 20.6. The summed E-state index contributed by atoms with van der Waals surface area (Å²) in [5, 5.41) is 0. The van der Waals surface area contributed by atoms with Gasteiger partial charge in [0.05, 0.1) is 6.61 Å². The summed E-state index contributed by atoms with van der Waals surface area (Å²) >= 11 is 0. The van der Waals surface area contributed by atoms with Crippen LogP contribution >= 0.6 is 0 Å². The number of hydrogen-bond acceptors (Lipinski definition) is 6. The Hall–Kier alpha value is -1.28. The van der Waals surface area contributed by atoms with Gasteiger partial charge in [0.25, 0.3) is 0 Å². The maximum atomic E-state index is 6.29. The van der Waals surface area contributed by atoms with E-state index < -0.39 is 17.9 Å². The van der Waals surface area contributed by atoms with E-state index in [0.29, 0.717) is 13.2 Å². The second-order valence-corrected chi connectivity index (χ2v) is 8.82. The third-order valence-electron chi connectivity index (χ3n) is 5.56. The fourth-order valence-electron chi connectivity index (χ4n) is 4.19. The van der Waals surface area contributed by atoms with Gasteiger partial charge in [0.2, 0.25) is 0 Å². The van der Waals surface area contributed by atoms with Gasteiger partial charge in [-0.1, -0.05) is 36.9 Å². The zero-order valence-electron chi connectivity index (χ0n) is 17.8. The number of aryl methyl sites for hydroxylation is 1. The van der Waals surface area contributed by atoms with Gasteiger partial charge in [0, 0.05) is 6.61 Å². The van der Waals surface area contributed by atoms with Crippen molar-refractivity contribution in [3.63, 3.8) is 0 Å². The van der Waals surface area contributed by atoms with Gasteiger partial charge in [-0.25, -0.2) is 0 Å². The summed E-state index contributed by atoms with van der Waals surface area (Å²) < 4.78 is 36.2. The van der Waals surface area contributed by atoms with Gasteiger partial charge in [0.1, 0.15) is 24.4 Å². The summed E-state index contributed by atoms with van der Waals surface area (Å²) in [6, 6.07) is 8.44. The first kappa shape index (κ1) is 21.0. The van der Waals surface area contributed by atoms with Gasteiger partial charge in [-0.15, -0.1) is 0 Å². The average Bonchev–Trinajstić information content (AvgIpc) is 3.28. The number of benzene rings is 1. The van der Waals surface area contributed by atoms with Crippen LogP contribution in [0.2, 0.25) is 0 Å². The van der Waals surface area contributed by atoms with E-state index in [0.717, 1.165) is 18.4 Å². The lowest BCUT2D eigenvalue weighted by Crippen LogP contribution is -2.44. The zero-order valence-corrected chi connectivity index (χ0v) is 17.8. The van der Waals surface area contributed by atoms with Crippen molar-refractivity contribution in [1.29, 1.82) is 0 Å². The van der Waals surface area contributed by atoms with Crippen LogP contribution in [-0.2, 0) is 34.8 Å². The first-order valence-corrected chi connectivity index (χ1v) is 10.4. The minimum Gasteiger partial charge on any atom is -0.372 e. The van der Waals surface area contributed by atoms with Crippen LogP contribution in [-0.4, -0.2) is 55.5 Å². The smallest absolute Gasteiger partial charge is 0.190 e. The molecule has 0 N–H and O–H groups in total. The van der Waals surface area contributed by atoms with E-state index in [-0.39, 0.29) is 24.4 Å². The van der Waals surface area contributed by atoms with Crippen LogP contribution < -0.4 is 0 Å². The van der Waals surface area contributed by atoms with E-state index in [1.807, 2.05) is 33.8 Å². The lowest BCUT2D eigenvalue weighted by Gasteiger charge is -2.29. The van der Waals surface area contributed by atoms with Crippen LogP contribution in [0.3, 0.4) is 0 Å². The van der Waals surface area contributed by atoms with Crippen molar-refractivity contribution in [3.8, 4) is 0 Å². The average molecular weight is 405 g/mol. The topological polar surface area (TPSA) is 55.4 Å². The molecule has 160 valence electrons. The molecule has 0 aromatic heterocycles. The number of hydrogen-bond donors (Lipinski definition) is 0. The highest BCUT2D eigenvalue weighted by molar-refractivity contribution is 5.47. The van der Waals surface area contributed by atoms with Crippen molar-refractivity contribution in [2.45, 2.75) is 82.8 Å². The maximum Gasteiger partial charge on any atom is 0.190 e. The summed E-state index contributed by atoms with van der Waals surface area (Å²) in [6.07, 6.45) is 2.25. The predicted molar refractivity (Wildman–Crippen MR) is 108 cm³/mol. The van der Waals surface area contributed by atoms with Crippen LogP contribution in [0.4, 0.5) is 0 Å². The van der Waals surface area contributed by atoms with Gasteiger partial charge in [-0.3, -0.25) is 0 Å². The molecular weight excluding hydrogens is 372 g/mol. The van der Waals surface area contributed by atoms with E-state index in [1.54, 1.807) is 0 Å². The Labute approximate surface area is 173 Å². The highest BCUT2D eigenvalue weighted by atomic mass is 16.8. The van der Waals surface area contributed by atoms with Crippen molar-refractivity contribution in [3.05, 3.63) is 42.0 Å². The standard InChI is InChI=1S/C23H32O6/c1-6-15-9-11-16(12-10-15)8-7-13-24-19-18(17-14-25-22(2,3)27-17)26-21-20(19)28-23(4,5)29-21/h6,9-12,17-21H,1,7-8,13-14H2,2-5H3/t17-,18-,19+,20-,21-/m1/s1. The Balaban J connectivity index is 1.36. The summed E-state index contributed by atoms with van der Waals surface area (Å²) in [7, 11) is 0. The highest BCUT2D eigenvalue weighted by Gasteiger charge is 2.58. The van der Waals surface area contributed by atoms with Gasteiger partial charge >= 0.3 is 0 Å². The van der Waals surface area contributed by atoms with E-state index in [2.05, 4.69) is 30.8 Å². The molecule has 3 saturated heterocycles. The minimum atomic E-state index is -0.679. The Morgan fingerprint density at radius 3 is 2.45 bits per heavy atom. The van der Waals surface area contributed by atoms with Crippen molar-refractivity contribution in [1.82, 2.24) is 0 Å². The summed E-state index contributed by atoms with van der Waals surface area (Å²) in [5.74, 6) is -1.30. The number of rotatable bonds is 7. The fourth-order valence-corrected chi connectivity index (χ4v) is 4.19. The maximum absolute atomic E-state index is 6.29. The Morgan fingerprint density at radius 1 is 1.03 bits per heavy atom. The molecule has 4 rings (SSSR count). The molecule has 29 heavy (non-hydrogen) atoms. The molecule has 3 aliphatic rings. The van der Waals surface area contributed by atoms with E-state index >= 15 is 0 Å². The Bertz CT molecular complexity index is 713. The third-order valence-corrected chi connectivity index (χ3v) is 5.56. The second kappa shape index (κ2) is 8.10. The van der Waals surface area contributed by atoms with Crippen LogP contribution in [0.1, 0.15) is 45.2 Å². The summed E-state index contributed by atoms with van der Waals surface area (Å²) in [4.78, 5) is 0. The van der Waals surface area contributed by atoms with Gasteiger partial charge in [-0.2, -0.15) is 0 Å². The first-order valence-electron chi connectivity index (χ1n) is 10.4. The molecule has 0 unspecified atom stereocenters. The van der Waals surface area contributed by atoms with Gasteiger partial charge in [0.15, 0.2) is 17.9 Å². The van der Waals surface area contributed by atoms with Crippen molar-refractivity contribution in [2.75, 3.05) is 13.2 Å². The number of fused-ring (bicyclic) bond motifs is 1. The molecule has 0 amide bonds. The molecule has 1 aromatic carbocycles. The molecule has 0 radical (unpaired) electrons. The lowest BCUT2D eigenvalue weighted by molar-refractivity contribution is -0.236. The van der Waals surface area contributed by atoms with Crippen molar-refractivity contribution >= 4 is 6.08 Å². The molecule has 0 spiro atoms. The molecule has 6 nitrogen and oxygen atoms in total. The molecule has 6 heteroatoms. The quantitative estimate of drug-likeness (QED) is 0.647. The van der Waals surface area contributed by atoms with E-state index in [4.69, 9.17) is 28.4 Å². The molecule has 3 heterocycles. The highest BCUT2D eigenvalue weighted by Crippen LogP contribution is 2.41. The van der Waals surface area contributed by atoms with E-state index in [9.17, 15) is 0 Å². The second-order valence-electron chi connectivity index (χ2n) is 8.82. The molecule has 5 atom stereocenters. The minimum absolute atomic E-state index is 0.206. The van der Waals surface area contributed by atoms with Crippen molar-refractivity contribution in [2.24, 2.45) is 0 Å². The van der Waals surface area contributed by atoms with Crippen molar-refractivity contribution < 1.29 is 28.4 Å². The summed E-state index contributed by atoms with van der Waals surface area (Å²) in [6.45, 7) is 12.5. The molecule has 0 bridgehead atoms.